The Morgan fingerprint density at radius 2 is 2.10 bits per heavy atom. The molecule has 0 aromatic carbocycles. The minimum atomic E-state index is -4.80. The molecule has 0 bridgehead atoms. The Morgan fingerprint density at radius 1 is 1.48 bits per heavy atom. The van der Waals surface area contributed by atoms with E-state index in [2.05, 4.69) is 4.98 Å². The summed E-state index contributed by atoms with van der Waals surface area (Å²) in [4.78, 5) is 13.8. The zero-order valence-electron chi connectivity index (χ0n) is 11.2. The molecule has 1 aromatic rings. The highest BCUT2D eigenvalue weighted by atomic mass is 32.1. The van der Waals surface area contributed by atoms with Gasteiger partial charge in [-0.25, -0.2) is 9.78 Å². The van der Waals surface area contributed by atoms with Crippen molar-refractivity contribution in [1.82, 2.24) is 4.98 Å². The molecule has 9 heteroatoms. The van der Waals surface area contributed by atoms with Gasteiger partial charge >= 0.3 is 12.1 Å². The third kappa shape index (κ3) is 3.19. The van der Waals surface area contributed by atoms with Crippen LogP contribution in [0.1, 0.15) is 40.1 Å². The SMILES string of the molecule is CCOC1(c2nc(C(F)(F)F)c(C(=O)O)s2)CCOCC1. The summed E-state index contributed by atoms with van der Waals surface area (Å²) in [7, 11) is 0. The quantitative estimate of drug-likeness (QED) is 0.922. The topological polar surface area (TPSA) is 68.7 Å². The summed E-state index contributed by atoms with van der Waals surface area (Å²) in [5.74, 6) is -1.63. The van der Waals surface area contributed by atoms with Gasteiger partial charge in [0.1, 0.15) is 15.5 Å². The van der Waals surface area contributed by atoms with Gasteiger partial charge < -0.3 is 14.6 Å². The monoisotopic (exact) mass is 325 g/mol. The maximum Gasteiger partial charge on any atom is 0.435 e. The second kappa shape index (κ2) is 5.90. The lowest BCUT2D eigenvalue weighted by molar-refractivity contribution is -0.142. The number of carboxylic acid groups (broad SMARTS) is 1. The molecule has 1 aliphatic heterocycles. The van der Waals surface area contributed by atoms with Crippen LogP contribution in [0.15, 0.2) is 0 Å². The Labute approximate surface area is 122 Å². The van der Waals surface area contributed by atoms with Crippen molar-refractivity contribution in [2.24, 2.45) is 0 Å². The van der Waals surface area contributed by atoms with Crippen molar-refractivity contribution in [1.29, 1.82) is 0 Å². The second-order valence-corrected chi connectivity index (χ2v) is 5.54. The van der Waals surface area contributed by atoms with E-state index >= 15 is 0 Å². The van der Waals surface area contributed by atoms with Crippen molar-refractivity contribution in [3.8, 4) is 0 Å². The van der Waals surface area contributed by atoms with Gasteiger partial charge in [0.25, 0.3) is 0 Å². The lowest BCUT2D eigenvalue weighted by Gasteiger charge is -2.35. The molecule has 0 aliphatic carbocycles. The first-order valence-corrected chi connectivity index (χ1v) is 7.15. The smallest absolute Gasteiger partial charge is 0.435 e. The Morgan fingerprint density at radius 3 is 2.52 bits per heavy atom. The third-order valence-corrected chi connectivity index (χ3v) is 4.43. The summed E-state index contributed by atoms with van der Waals surface area (Å²) in [6.45, 7) is 2.70. The number of ether oxygens (including phenoxy) is 2. The molecule has 1 N–H and O–H groups in total. The van der Waals surface area contributed by atoms with E-state index in [0.29, 0.717) is 44.0 Å². The second-order valence-electron chi connectivity index (χ2n) is 4.54. The fourth-order valence-corrected chi connectivity index (χ4v) is 3.37. The predicted octanol–water partition coefficient (Wildman–Crippen LogP) is 2.90. The summed E-state index contributed by atoms with van der Waals surface area (Å²) in [6.07, 6.45) is -4.10. The molecule has 2 heterocycles. The molecule has 1 aliphatic rings. The summed E-state index contributed by atoms with van der Waals surface area (Å²) >= 11 is 0.529. The number of alkyl halides is 3. The summed E-state index contributed by atoms with van der Waals surface area (Å²) < 4.78 is 49.6. The number of hydrogen-bond donors (Lipinski definition) is 1. The van der Waals surface area contributed by atoms with Gasteiger partial charge in [-0.05, 0) is 6.92 Å². The maximum absolute atomic E-state index is 12.9. The average Bonchev–Trinajstić information content (AvgIpc) is 2.86. The highest BCUT2D eigenvalue weighted by molar-refractivity contribution is 7.13. The summed E-state index contributed by atoms with van der Waals surface area (Å²) in [5.41, 5.74) is -2.36. The van der Waals surface area contributed by atoms with Gasteiger partial charge in [0, 0.05) is 32.7 Å². The average molecular weight is 325 g/mol. The molecule has 0 unspecified atom stereocenters. The standard InChI is InChI=1S/C12H14F3NO4S/c1-2-20-11(3-5-19-6-4-11)10-16-8(12(13,14)15)7(21-10)9(17)18/h2-6H2,1H3,(H,17,18). The number of aromatic nitrogens is 1. The molecule has 0 amide bonds. The van der Waals surface area contributed by atoms with E-state index in [9.17, 15) is 18.0 Å². The highest BCUT2D eigenvalue weighted by Crippen LogP contribution is 2.42. The van der Waals surface area contributed by atoms with Crippen molar-refractivity contribution in [2.45, 2.75) is 31.5 Å². The van der Waals surface area contributed by atoms with Crippen LogP contribution in [0.4, 0.5) is 13.2 Å². The number of carboxylic acids is 1. The third-order valence-electron chi connectivity index (χ3n) is 3.20. The van der Waals surface area contributed by atoms with Gasteiger partial charge in [0.2, 0.25) is 0 Å². The lowest BCUT2D eigenvalue weighted by atomic mass is 9.95. The molecule has 0 saturated carbocycles. The van der Waals surface area contributed by atoms with Gasteiger partial charge in [0.05, 0.1) is 0 Å². The number of carbonyl (C=O) groups is 1. The summed E-state index contributed by atoms with van der Waals surface area (Å²) in [5, 5.41) is 9.01. The molecular formula is C12H14F3NO4S. The molecule has 0 spiro atoms. The molecule has 1 saturated heterocycles. The lowest BCUT2D eigenvalue weighted by Crippen LogP contribution is -2.36. The van der Waals surface area contributed by atoms with Crippen molar-refractivity contribution in [3.05, 3.63) is 15.6 Å². The van der Waals surface area contributed by atoms with E-state index < -0.39 is 28.3 Å². The van der Waals surface area contributed by atoms with Crippen LogP contribution in [0, 0.1) is 0 Å². The van der Waals surface area contributed by atoms with E-state index in [4.69, 9.17) is 14.6 Å². The Balaban J connectivity index is 2.49. The number of halogens is 3. The molecule has 21 heavy (non-hydrogen) atoms. The Bertz CT molecular complexity index is 518. The predicted molar refractivity (Wildman–Crippen MR) is 67.4 cm³/mol. The van der Waals surface area contributed by atoms with Crippen LogP contribution in [0.5, 0.6) is 0 Å². The molecule has 5 nitrogen and oxygen atoms in total. The number of aromatic carboxylic acids is 1. The first kappa shape index (κ1) is 16.2. The molecule has 2 rings (SSSR count). The summed E-state index contributed by atoms with van der Waals surface area (Å²) in [6, 6.07) is 0. The fourth-order valence-electron chi connectivity index (χ4n) is 2.25. The maximum atomic E-state index is 12.9. The Hall–Kier alpha value is -1.19. The molecule has 0 atom stereocenters. The van der Waals surface area contributed by atoms with Gasteiger partial charge in [-0.2, -0.15) is 13.2 Å². The fraction of sp³-hybridized carbons (Fsp3) is 0.667. The number of rotatable bonds is 4. The number of thiazole rings is 1. The number of hydrogen-bond acceptors (Lipinski definition) is 5. The zero-order valence-corrected chi connectivity index (χ0v) is 12.0. The zero-order chi connectivity index (χ0) is 15.7. The van der Waals surface area contributed by atoms with Crippen LogP contribution < -0.4 is 0 Å². The first-order valence-electron chi connectivity index (χ1n) is 6.33. The molecule has 1 aromatic heterocycles. The number of nitrogens with zero attached hydrogens (tertiary/aromatic N) is 1. The largest absolute Gasteiger partial charge is 0.477 e. The molecule has 118 valence electrons. The normalized spacial score (nSPS) is 18.7. The van der Waals surface area contributed by atoms with Crippen molar-refractivity contribution < 1.29 is 32.5 Å². The van der Waals surface area contributed by atoms with E-state index in [0.717, 1.165) is 0 Å². The van der Waals surface area contributed by atoms with Gasteiger partial charge in [-0.3, -0.25) is 0 Å². The molecule has 1 fully saturated rings. The Kier molecular flexibility index (Phi) is 4.54. The van der Waals surface area contributed by atoms with Gasteiger partial charge in [-0.15, -0.1) is 11.3 Å². The van der Waals surface area contributed by atoms with Crippen LogP contribution in [0.2, 0.25) is 0 Å². The van der Waals surface area contributed by atoms with Crippen LogP contribution in [-0.2, 0) is 21.3 Å². The van der Waals surface area contributed by atoms with Crippen LogP contribution >= 0.6 is 11.3 Å². The van der Waals surface area contributed by atoms with Crippen LogP contribution in [0.3, 0.4) is 0 Å². The minimum Gasteiger partial charge on any atom is -0.477 e. The van der Waals surface area contributed by atoms with Crippen LogP contribution in [-0.4, -0.2) is 35.9 Å². The van der Waals surface area contributed by atoms with E-state index in [1.807, 2.05) is 0 Å². The van der Waals surface area contributed by atoms with Gasteiger partial charge in [-0.1, -0.05) is 0 Å². The van der Waals surface area contributed by atoms with E-state index in [1.54, 1.807) is 6.92 Å². The van der Waals surface area contributed by atoms with Crippen molar-refractivity contribution in [2.75, 3.05) is 19.8 Å². The molecule has 0 radical (unpaired) electrons. The van der Waals surface area contributed by atoms with Crippen molar-refractivity contribution in [3.63, 3.8) is 0 Å². The van der Waals surface area contributed by atoms with Gasteiger partial charge in [0.15, 0.2) is 5.69 Å². The van der Waals surface area contributed by atoms with Crippen LogP contribution in [0.25, 0.3) is 0 Å². The molecular weight excluding hydrogens is 311 g/mol. The first-order chi connectivity index (χ1) is 9.80. The minimum absolute atomic E-state index is 0.0531. The van der Waals surface area contributed by atoms with E-state index in [-0.39, 0.29) is 5.01 Å². The van der Waals surface area contributed by atoms with E-state index in [1.165, 1.54) is 0 Å². The highest BCUT2D eigenvalue weighted by Gasteiger charge is 2.45. The van der Waals surface area contributed by atoms with Crippen molar-refractivity contribution >= 4 is 17.3 Å².